The van der Waals surface area contributed by atoms with Crippen molar-refractivity contribution in [1.82, 2.24) is 5.32 Å². The van der Waals surface area contributed by atoms with E-state index in [1.54, 1.807) is 48.5 Å². The molecule has 4 atom stereocenters. The number of benzene rings is 2. The van der Waals surface area contributed by atoms with E-state index >= 15 is 0 Å². The SMILES string of the molecule is COC(=O)c1ccc([C@@H]2[C@H](C)N[C@]3(C(=O)Nc4ccccc43)[C@@H]2[N+](=O)[O-])cc1. The first kappa shape index (κ1) is 18.1. The molecule has 144 valence electrons. The molecule has 0 saturated carbocycles. The molecule has 2 aromatic carbocycles. The van der Waals surface area contributed by atoms with E-state index in [0.717, 1.165) is 0 Å². The number of hydrogen-bond acceptors (Lipinski definition) is 6. The third kappa shape index (κ3) is 2.41. The lowest BCUT2D eigenvalue weighted by Crippen LogP contribution is -2.54. The molecule has 1 spiro atoms. The second kappa shape index (κ2) is 6.42. The average Bonchev–Trinajstić information content (AvgIpc) is 3.16. The van der Waals surface area contributed by atoms with Gasteiger partial charge in [-0.15, -0.1) is 0 Å². The molecule has 4 rings (SSSR count). The predicted molar refractivity (Wildman–Crippen MR) is 101 cm³/mol. The topological polar surface area (TPSA) is 111 Å². The quantitative estimate of drug-likeness (QED) is 0.478. The fourth-order valence-corrected chi connectivity index (χ4v) is 4.51. The molecular formula is C20H19N3O5. The van der Waals surface area contributed by atoms with Crippen LogP contribution in [0.1, 0.15) is 34.3 Å². The molecule has 28 heavy (non-hydrogen) atoms. The van der Waals surface area contributed by atoms with Crippen molar-refractivity contribution in [1.29, 1.82) is 0 Å². The van der Waals surface area contributed by atoms with Crippen molar-refractivity contribution in [3.63, 3.8) is 0 Å². The second-order valence-electron chi connectivity index (χ2n) is 7.11. The highest BCUT2D eigenvalue weighted by molar-refractivity contribution is 6.07. The smallest absolute Gasteiger partial charge is 0.337 e. The first-order valence-electron chi connectivity index (χ1n) is 8.90. The lowest BCUT2D eigenvalue weighted by atomic mass is 9.78. The maximum Gasteiger partial charge on any atom is 0.337 e. The minimum Gasteiger partial charge on any atom is -0.465 e. The molecule has 0 bridgehead atoms. The zero-order valence-corrected chi connectivity index (χ0v) is 15.3. The highest BCUT2D eigenvalue weighted by Crippen LogP contribution is 2.49. The third-order valence-electron chi connectivity index (χ3n) is 5.68. The van der Waals surface area contributed by atoms with Gasteiger partial charge in [-0.1, -0.05) is 30.3 Å². The van der Waals surface area contributed by atoms with Crippen molar-refractivity contribution >= 4 is 17.6 Å². The summed E-state index contributed by atoms with van der Waals surface area (Å²) in [6.45, 7) is 1.83. The Kier molecular flexibility index (Phi) is 4.15. The standard InChI is InChI=1S/C20H19N3O5/c1-11-16(12-7-9-13(10-8-12)18(24)28-2)17(23(26)27)20(22-11)14-5-3-4-6-15(14)21-19(20)25/h3-11,16-17,22H,1-2H3,(H,21,25)/t11-,16-,17+,20-/m0/s1. The van der Waals surface area contributed by atoms with Crippen LogP contribution in [-0.2, 0) is 15.1 Å². The normalized spacial score (nSPS) is 28.1. The summed E-state index contributed by atoms with van der Waals surface area (Å²) in [6.07, 6.45) is 0. The van der Waals surface area contributed by atoms with Crippen molar-refractivity contribution in [2.24, 2.45) is 0 Å². The third-order valence-corrected chi connectivity index (χ3v) is 5.68. The van der Waals surface area contributed by atoms with Gasteiger partial charge in [-0.25, -0.2) is 4.79 Å². The molecule has 0 aromatic heterocycles. The van der Waals surface area contributed by atoms with Gasteiger partial charge in [-0.05, 0) is 30.7 Å². The van der Waals surface area contributed by atoms with Crippen LogP contribution < -0.4 is 10.6 Å². The van der Waals surface area contributed by atoms with Gasteiger partial charge in [0.2, 0.25) is 0 Å². The van der Waals surface area contributed by atoms with Crippen molar-refractivity contribution in [2.75, 3.05) is 12.4 Å². The molecular weight excluding hydrogens is 362 g/mol. The molecule has 0 unspecified atom stereocenters. The van der Waals surface area contributed by atoms with Gasteiger partial charge in [0.15, 0.2) is 5.54 Å². The number of methoxy groups -OCH3 is 1. The first-order chi connectivity index (χ1) is 13.4. The predicted octanol–water partition coefficient (Wildman–Crippen LogP) is 2.04. The Morgan fingerprint density at radius 3 is 2.50 bits per heavy atom. The first-order valence-corrected chi connectivity index (χ1v) is 8.90. The molecule has 0 aliphatic carbocycles. The minimum absolute atomic E-state index is 0.337. The summed E-state index contributed by atoms with van der Waals surface area (Å²) in [5.41, 5.74) is 0.776. The Balaban J connectivity index is 1.81. The summed E-state index contributed by atoms with van der Waals surface area (Å²) in [4.78, 5) is 36.4. The zero-order valence-electron chi connectivity index (χ0n) is 15.3. The van der Waals surface area contributed by atoms with Gasteiger partial charge in [-0.3, -0.25) is 20.2 Å². The molecule has 8 heteroatoms. The molecule has 1 amide bonds. The summed E-state index contributed by atoms with van der Waals surface area (Å²) in [5, 5.41) is 18.2. The van der Waals surface area contributed by atoms with Crippen molar-refractivity contribution in [2.45, 2.75) is 30.5 Å². The Hall–Kier alpha value is -3.26. The summed E-state index contributed by atoms with van der Waals surface area (Å²) in [5.74, 6) is -1.45. The number of carbonyl (C=O) groups is 2. The van der Waals surface area contributed by atoms with Gasteiger partial charge < -0.3 is 10.1 Å². The number of carbonyl (C=O) groups excluding carboxylic acids is 2. The molecule has 2 aliphatic rings. The van der Waals surface area contributed by atoms with Gasteiger partial charge in [-0.2, -0.15) is 0 Å². The monoisotopic (exact) mass is 381 g/mol. The summed E-state index contributed by atoms with van der Waals surface area (Å²) >= 11 is 0. The Morgan fingerprint density at radius 1 is 1.18 bits per heavy atom. The number of nitrogens with one attached hydrogen (secondary N) is 2. The number of rotatable bonds is 3. The van der Waals surface area contributed by atoms with Crippen molar-refractivity contribution in [3.8, 4) is 0 Å². The highest BCUT2D eigenvalue weighted by Gasteiger charge is 2.67. The van der Waals surface area contributed by atoms with Crippen LogP contribution in [0.5, 0.6) is 0 Å². The van der Waals surface area contributed by atoms with E-state index in [1.807, 2.05) is 6.92 Å². The lowest BCUT2D eigenvalue weighted by Gasteiger charge is -2.25. The molecule has 8 nitrogen and oxygen atoms in total. The van der Waals surface area contributed by atoms with Crippen LogP contribution >= 0.6 is 0 Å². The lowest BCUT2D eigenvalue weighted by molar-refractivity contribution is -0.532. The van der Waals surface area contributed by atoms with Crippen molar-refractivity contribution < 1.29 is 19.2 Å². The van der Waals surface area contributed by atoms with Crippen LogP contribution in [-0.4, -0.2) is 36.0 Å². The van der Waals surface area contributed by atoms with Crippen LogP contribution in [0.4, 0.5) is 5.69 Å². The van der Waals surface area contributed by atoms with Crippen LogP contribution in [0.25, 0.3) is 0 Å². The van der Waals surface area contributed by atoms with Gasteiger partial charge in [0.25, 0.3) is 11.9 Å². The number of nitro groups is 1. The van der Waals surface area contributed by atoms with Gasteiger partial charge in [0, 0.05) is 22.2 Å². The number of esters is 1. The van der Waals surface area contributed by atoms with E-state index in [-0.39, 0.29) is 11.0 Å². The zero-order chi connectivity index (χ0) is 20.1. The van der Waals surface area contributed by atoms with E-state index in [0.29, 0.717) is 22.4 Å². The fraction of sp³-hybridized carbons (Fsp3) is 0.300. The summed E-state index contributed by atoms with van der Waals surface area (Å²) < 4.78 is 4.70. The molecule has 2 aliphatic heterocycles. The van der Waals surface area contributed by atoms with E-state index in [2.05, 4.69) is 10.6 Å². The minimum atomic E-state index is -1.44. The van der Waals surface area contributed by atoms with Gasteiger partial charge >= 0.3 is 5.97 Å². The van der Waals surface area contributed by atoms with Crippen LogP contribution in [0.2, 0.25) is 0 Å². The number of fused-ring (bicyclic) bond motifs is 2. The molecule has 1 fully saturated rings. The maximum atomic E-state index is 12.9. The van der Waals surface area contributed by atoms with E-state index < -0.39 is 29.4 Å². The molecule has 0 radical (unpaired) electrons. The van der Waals surface area contributed by atoms with Crippen LogP contribution in [0.3, 0.4) is 0 Å². The van der Waals surface area contributed by atoms with Crippen LogP contribution in [0.15, 0.2) is 48.5 Å². The van der Waals surface area contributed by atoms with E-state index in [9.17, 15) is 19.7 Å². The average molecular weight is 381 g/mol. The van der Waals surface area contributed by atoms with Crippen molar-refractivity contribution in [3.05, 3.63) is 75.3 Å². The second-order valence-corrected chi connectivity index (χ2v) is 7.11. The number of nitrogens with zero attached hydrogens (tertiary/aromatic N) is 1. The number of anilines is 1. The summed E-state index contributed by atoms with van der Waals surface area (Å²) in [7, 11) is 1.29. The largest absolute Gasteiger partial charge is 0.465 e. The molecule has 2 N–H and O–H groups in total. The maximum absolute atomic E-state index is 12.9. The summed E-state index contributed by atoms with van der Waals surface area (Å²) in [6, 6.07) is 12.0. The number of ether oxygens (including phenoxy) is 1. The Morgan fingerprint density at radius 2 is 1.86 bits per heavy atom. The Labute approximate surface area is 161 Å². The number of para-hydroxylation sites is 1. The van der Waals surface area contributed by atoms with Crippen LogP contribution in [0, 0.1) is 10.1 Å². The Bertz CT molecular complexity index is 974. The molecule has 2 aromatic rings. The molecule has 1 saturated heterocycles. The fourth-order valence-electron chi connectivity index (χ4n) is 4.51. The van der Waals surface area contributed by atoms with Gasteiger partial charge in [0.1, 0.15) is 0 Å². The molecule has 2 heterocycles. The highest BCUT2D eigenvalue weighted by atomic mass is 16.6. The van der Waals surface area contributed by atoms with E-state index in [4.69, 9.17) is 4.74 Å². The van der Waals surface area contributed by atoms with Gasteiger partial charge in [0.05, 0.1) is 18.6 Å². The van der Waals surface area contributed by atoms with E-state index in [1.165, 1.54) is 7.11 Å². The number of amides is 1. The number of hydrogen-bond donors (Lipinski definition) is 2.